The van der Waals surface area contributed by atoms with Crippen LogP contribution in [0, 0.1) is 0 Å². The van der Waals surface area contributed by atoms with Gasteiger partial charge >= 0.3 is 6.03 Å². The van der Waals surface area contributed by atoms with Crippen LogP contribution in [-0.2, 0) is 4.74 Å². The molecule has 1 aromatic rings. The van der Waals surface area contributed by atoms with E-state index in [2.05, 4.69) is 5.32 Å². The van der Waals surface area contributed by atoms with Gasteiger partial charge in [-0.2, -0.15) is 0 Å². The van der Waals surface area contributed by atoms with Crippen LogP contribution in [-0.4, -0.2) is 48.4 Å². The number of para-hydroxylation sites is 1. The first-order valence-electron chi connectivity index (χ1n) is 6.63. The topological polar surface area (TPSA) is 61.8 Å². The Bertz CT molecular complexity index is 389. The molecule has 2 N–H and O–H groups in total. The van der Waals surface area contributed by atoms with Crippen LogP contribution in [0.1, 0.15) is 12.8 Å². The van der Waals surface area contributed by atoms with E-state index in [1.807, 2.05) is 30.3 Å². The van der Waals surface area contributed by atoms with Gasteiger partial charge in [0.15, 0.2) is 0 Å². The van der Waals surface area contributed by atoms with Crippen LogP contribution >= 0.6 is 0 Å². The van der Waals surface area contributed by atoms with Gasteiger partial charge in [0, 0.05) is 18.8 Å². The third-order valence-corrected chi connectivity index (χ3v) is 3.20. The monoisotopic (exact) mass is 264 g/mol. The van der Waals surface area contributed by atoms with E-state index in [9.17, 15) is 4.79 Å². The zero-order chi connectivity index (χ0) is 13.5. The number of likely N-dealkylation sites (tertiary alicyclic amines) is 1. The average molecular weight is 264 g/mol. The number of ether oxygens (including phenoxy) is 1. The minimum absolute atomic E-state index is 0.0503. The summed E-state index contributed by atoms with van der Waals surface area (Å²) in [6.45, 7) is 1.80. The quantitative estimate of drug-likeness (QED) is 0.870. The second-order valence-corrected chi connectivity index (χ2v) is 4.58. The molecule has 2 rings (SSSR count). The van der Waals surface area contributed by atoms with Crippen LogP contribution in [0.5, 0.6) is 0 Å². The third-order valence-electron chi connectivity index (χ3n) is 3.20. The molecule has 1 aliphatic heterocycles. The number of hydrogen-bond acceptors (Lipinski definition) is 3. The standard InChI is InChI=1S/C14H20N2O3/c17-10-11-19-13-6-8-16(9-7-13)14(18)15-12-4-2-1-3-5-12/h1-5,13,17H,6-11H2,(H,15,18). The molecule has 5 nitrogen and oxygen atoms in total. The van der Waals surface area contributed by atoms with Gasteiger partial charge in [-0.1, -0.05) is 18.2 Å². The van der Waals surface area contributed by atoms with Gasteiger partial charge in [-0.25, -0.2) is 4.79 Å². The Morgan fingerprint density at radius 3 is 2.63 bits per heavy atom. The Balaban J connectivity index is 1.76. The van der Waals surface area contributed by atoms with Crippen molar-refractivity contribution in [3.63, 3.8) is 0 Å². The average Bonchev–Trinajstić information content (AvgIpc) is 2.46. The van der Waals surface area contributed by atoms with Crippen LogP contribution in [0.15, 0.2) is 30.3 Å². The number of aliphatic hydroxyl groups is 1. The van der Waals surface area contributed by atoms with Crippen molar-refractivity contribution in [1.82, 2.24) is 4.90 Å². The lowest BCUT2D eigenvalue weighted by Gasteiger charge is -2.31. The molecule has 2 amide bonds. The fourth-order valence-corrected chi connectivity index (χ4v) is 2.17. The number of aliphatic hydroxyl groups excluding tert-OH is 1. The normalized spacial score (nSPS) is 16.4. The second-order valence-electron chi connectivity index (χ2n) is 4.58. The van der Waals surface area contributed by atoms with Crippen molar-refractivity contribution in [2.24, 2.45) is 0 Å². The van der Waals surface area contributed by atoms with Crippen LogP contribution in [0.2, 0.25) is 0 Å². The summed E-state index contributed by atoms with van der Waals surface area (Å²) in [5.41, 5.74) is 0.811. The summed E-state index contributed by atoms with van der Waals surface area (Å²) < 4.78 is 5.47. The Morgan fingerprint density at radius 2 is 2.00 bits per heavy atom. The third kappa shape index (κ3) is 4.22. The van der Waals surface area contributed by atoms with Crippen molar-refractivity contribution in [2.75, 3.05) is 31.6 Å². The van der Waals surface area contributed by atoms with Crippen molar-refractivity contribution in [3.05, 3.63) is 30.3 Å². The van der Waals surface area contributed by atoms with Gasteiger partial charge in [0.25, 0.3) is 0 Å². The lowest BCUT2D eigenvalue weighted by Crippen LogP contribution is -2.43. The van der Waals surface area contributed by atoms with Gasteiger partial charge in [-0.05, 0) is 25.0 Å². The second kappa shape index (κ2) is 7.11. The molecule has 0 bridgehead atoms. The van der Waals surface area contributed by atoms with E-state index in [4.69, 9.17) is 9.84 Å². The van der Waals surface area contributed by atoms with Gasteiger partial charge in [0.1, 0.15) is 0 Å². The first kappa shape index (κ1) is 13.8. The Hall–Kier alpha value is -1.59. The van der Waals surface area contributed by atoms with Crippen molar-refractivity contribution in [3.8, 4) is 0 Å². The molecule has 0 unspecified atom stereocenters. The number of piperidine rings is 1. The first-order valence-corrected chi connectivity index (χ1v) is 6.63. The van der Waals surface area contributed by atoms with E-state index in [1.54, 1.807) is 4.90 Å². The van der Waals surface area contributed by atoms with Crippen LogP contribution in [0.4, 0.5) is 10.5 Å². The van der Waals surface area contributed by atoms with Gasteiger partial charge in [0.05, 0.1) is 19.3 Å². The summed E-state index contributed by atoms with van der Waals surface area (Å²) in [6, 6.07) is 9.38. The number of anilines is 1. The fourth-order valence-electron chi connectivity index (χ4n) is 2.17. The van der Waals surface area contributed by atoms with E-state index < -0.39 is 0 Å². The van der Waals surface area contributed by atoms with Crippen molar-refractivity contribution in [2.45, 2.75) is 18.9 Å². The highest BCUT2D eigenvalue weighted by Gasteiger charge is 2.22. The van der Waals surface area contributed by atoms with E-state index in [-0.39, 0.29) is 18.7 Å². The summed E-state index contributed by atoms with van der Waals surface area (Å²) in [4.78, 5) is 13.8. The van der Waals surface area contributed by atoms with E-state index >= 15 is 0 Å². The molecule has 0 spiro atoms. The summed E-state index contributed by atoms with van der Waals surface area (Å²) in [5, 5.41) is 11.6. The number of rotatable bonds is 4. The molecule has 0 saturated carbocycles. The number of urea groups is 1. The van der Waals surface area contributed by atoms with Gasteiger partial charge in [-0.15, -0.1) is 0 Å². The maximum Gasteiger partial charge on any atom is 0.321 e. The molecule has 0 radical (unpaired) electrons. The van der Waals surface area contributed by atoms with Gasteiger partial charge in [0.2, 0.25) is 0 Å². The van der Waals surface area contributed by atoms with Gasteiger partial charge in [-0.3, -0.25) is 0 Å². The smallest absolute Gasteiger partial charge is 0.321 e. The number of carbonyl (C=O) groups is 1. The van der Waals surface area contributed by atoms with Crippen LogP contribution in [0.3, 0.4) is 0 Å². The Kier molecular flexibility index (Phi) is 5.18. The zero-order valence-electron chi connectivity index (χ0n) is 10.9. The first-order chi connectivity index (χ1) is 9.29. The number of amides is 2. The summed E-state index contributed by atoms with van der Waals surface area (Å²) >= 11 is 0. The number of nitrogens with zero attached hydrogens (tertiary/aromatic N) is 1. The van der Waals surface area contributed by atoms with Gasteiger partial charge < -0.3 is 20.1 Å². The maximum absolute atomic E-state index is 12.0. The largest absolute Gasteiger partial charge is 0.394 e. The van der Waals surface area contributed by atoms with Crippen LogP contribution in [0.25, 0.3) is 0 Å². The molecule has 1 aromatic carbocycles. The summed E-state index contributed by atoms with van der Waals surface area (Å²) in [6.07, 6.45) is 1.80. The molecule has 0 atom stereocenters. The lowest BCUT2D eigenvalue weighted by atomic mass is 10.1. The van der Waals surface area contributed by atoms with Crippen molar-refractivity contribution in [1.29, 1.82) is 0 Å². The highest BCUT2D eigenvalue weighted by Crippen LogP contribution is 2.15. The SMILES string of the molecule is O=C(Nc1ccccc1)N1CCC(OCCO)CC1. The van der Waals surface area contributed by atoms with E-state index in [1.165, 1.54) is 0 Å². The predicted molar refractivity (Wildman–Crippen MR) is 73.1 cm³/mol. The van der Waals surface area contributed by atoms with Crippen molar-refractivity contribution >= 4 is 11.7 Å². The molecule has 1 heterocycles. The number of carbonyl (C=O) groups excluding carboxylic acids is 1. The molecule has 1 fully saturated rings. The highest BCUT2D eigenvalue weighted by atomic mass is 16.5. The highest BCUT2D eigenvalue weighted by molar-refractivity contribution is 5.89. The minimum atomic E-state index is -0.0631. The molecule has 0 aromatic heterocycles. The molecule has 19 heavy (non-hydrogen) atoms. The minimum Gasteiger partial charge on any atom is -0.394 e. The molecule has 104 valence electrons. The van der Waals surface area contributed by atoms with Crippen LogP contribution < -0.4 is 5.32 Å². The van der Waals surface area contributed by atoms with Crippen molar-refractivity contribution < 1.29 is 14.6 Å². The van der Waals surface area contributed by atoms with E-state index in [0.717, 1.165) is 18.5 Å². The molecule has 5 heteroatoms. The maximum atomic E-state index is 12.0. The fraction of sp³-hybridized carbons (Fsp3) is 0.500. The molecular weight excluding hydrogens is 244 g/mol. The predicted octanol–water partition coefficient (Wildman–Crippen LogP) is 1.69. The number of benzene rings is 1. The summed E-state index contributed by atoms with van der Waals surface area (Å²) in [5.74, 6) is 0. The number of nitrogens with one attached hydrogen (secondary N) is 1. The summed E-state index contributed by atoms with van der Waals surface area (Å²) in [7, 11) is 0. The lowest BCUT2D eigenvalue weighted by molar-refractivity contribution is -0.000875. The van der Waals surface area contributed by atoms with E-state index in [0.29, 0.717) is 19.7 Å². The molecule has 1 aliphatic rings. The number of hydrogen-bond donors (Lipinski definition) is 2. The Morgan fingerprint density at radius 1 is 1.32 bits per heavy atom. The zero-order valence-corrected chi connectivity index (χ0v) is 10.9. The molecule has 1 saturated heterocycles. The Labute approximate surface area is 113 Å². The molecular formula is C14H20N2O3. The molecule has 0 aliphatic carbocycles.